The predicted octanol–water partition coefficient (Wildman–Crippen LogP) is 3.06. The molecule has 0 unspecified atom stereocenters. The van der Waals surface area contributed by atoms with E-state index in [-0.39, 0.29) is 22.7 Å². The SMILES string of the molecule is CN(C)c1ccc(C(=O)c2ccccc2C(=O)N2CCN(CC3CC3)CC2)cc1[N+](=O)[O-]. The highest BCUT2D eigenvalue weighted by Gasteiger charge is 2.29. The third-order valence-corrected chi connectivity index (χ3v) is 6.19. The molecule has 2 aromatic carbocycles. The van der Waals surface area contributed by atoms with Crippen LogP contribution >= 0.6 is 0 Å². The molecule has 4 rings (SSSR count). The second kappa shape index (κ2) is 9.08. The van der Waals surface area contributed by atoms with Gasteiger partial charge in [0.2, 0.25) is 0 Å². The summed E-state index contributed by atoms with van der Waals surface area (Å²) in [6, 6.07) is 11.2. The summed E-state index contributed by atoms with van der Waals surface area (Å²) in [5, 5.41) is 11.5. The second-order valence-corrected chi connectivity index (χ2v) is 8.77. The van der Waals surface area contributed by atoms with E-state index in [0.717, 1.165) is 25.6 Å². The molecular weight excluding hydrogens is 408 g/mol. The second-order valence-electron chi connectivity index (χ2n) is 8.77. The molecule has 8 nitrogen and oxygen atoms in total. The van der Waals surface area contributed by atoms with E-state index >= 15 is 0 Å². The fraction of sp³-hybridized carbons (Fsp3) is 0.417. The van der Waals surface area contributed by atoms with Crippen LogP contribution in [-0.2, 0) is 0 Å². The number of rotatable bonds is 7. The summed E-state index contributed by atoms with van der Waals surface area (Å²) in [5.41, 5.74) is 1.07. The topological polar surface area (TPSA) is 87.0 Å². The van der Waals surface area contributed by atoms with E-state index in [1.54, 1.807) is 60.3 Å². The zero-order valence-corrected chi connectivity index (χ0v) is 18.5. The molecule has 1 saturated carbocycles. The van der Waals surface area contributed by atoms with Gasteiger partial charge in [0, 0.05) is 64.0 Å². The van der Waals surface area contributed by atoms with Crippen molar-refractivity contribution in [3.8, 4) is 0 Å². The number of carbonyl (C=O) groups excluding carboxylic acids is 2. The summed E-state index contributed by atoms with van der Waals surface area (Å²) in [4.78, 5) is 43.4. The van der Waals surface area contributed by atoms with E-state index in [0.29, 0.717) is 24.3 Å². The lowest BCUT2D eigenvalue weighted by molar-refractivity contribution is -0.384. The van der Waals surface area contributed by atoms with Crippen molar-refractivity contribution >= 4 is 23.1 Å². The highest BCUT2D eigenvalue weighted by molar-refractivity contribution is 6.15. The lowest BCUT2D eigenvalue weighted by Crippen LogP contribution is -2.49. The van der Waals surface area contributed by atoms with Gasteiger partial charge in [0.25, 0.3) is 11.6 Å². The number of nitro benzene ring substituents is 1. The molecule has 1 aliphatic heterocycles. The number of benzene rings is 2. The summed E-state index contributed by atoms with van der Waals surface area (Å²) in [6.45, 7) is 4.07. The molecule has 2 aromatic rings. The molecule has 0 atom stereocenters. The maximum Gasteiger partial charge on any atom is 0.293 e. The Balaban J connectivity index is 1.55. The number of piperazine rings is 1. The first-order chi connectivity index (χ1) is 15.3. The molecule has 0 bridgehead atoms. The number of anilines is 1. The average Bonchev–Trinajstić information content (AvgIpc) is 3.62. The third-order valence-electron chi connectivity index (χ3n) is 6.19. The number of nitro groups is 1. The van der Waals surface area contributed by atoms with E-state index in [9.17, 15) is 19.7 Å². The lowest BCUT2D eigenvalue weighted by Gasteiger charge is -2.35. The van der Waals surface area contributed by atoms with Crippen LogP contribution in [0.2, 0.25) is 0 Å². The summed E-state index contributed by atoms with van der Waals surface area (Å²) in [5.74, 6) is 0.257. The molecule has 0 aromatic heterocycles. The number of amides is 1. The summed E-state index contributed by atoms with van der Waals surface area (Å²) in [7, 11) is 3.42. The molecular formula is C24H28N4O4. The summed E-state index contributed by atoms with van der Waals surface area (Å²) >= 11 is 0. The Kier molecular flexibility index (Phi) is 6.23. The van der Waals surface area contributed by atoms with Crippen LogP contribution in [0.3, 0.4) is 0 Å². The van der Waals surface area contributed by atoms with Gasteiger partial charge >= 0.3 is 0 Å². The average molecular weight is 437 g/mol. The Labute approximate surface area is 187 Å². The van der Waals surface area contributed by atoms with E-state index in [2.05, 4.69) is 4.90 Å². The van der Waals surface area contributed by atoms with Gasteiger partial charge in [-0.2, -0.15) is 0 Å². The maximum absolute atomic E-state index is 13.3. The van der Waals surface area contributed by atoms with Crippen molar-refractivity contribution in [2.24, 2.45) is 5.92 Å². The van der Waals surface area contributed by atoms with Crippen LogP contribution in [0.5, 0.6) is 0 Å². The molecule has 2 aliphatic rings. The van der Waals surface area contributed by atoms with Crippen LogP contribution in [-0.4, -0.2) is 73.2 Å². The number of hydrogen-bond acceptors (Lipinski definition) is 6. The van der Waals surface area contributed by atoms with Crippen LogP contribution in [0.1, 0.15) is 39.1 Å². The first-order valence-corrected chi connectivity index (χ1v) is 11.0. The largest absolute Gasteiger partial charge is 0.372 e. The van der Waals surface area contributed by atoms with Gasteiger partial charge in [0.1, 0.15) is 5.69 Å². The molecule has 2 fully saturated rings. The van der Waals surface area contributed by atoms with Gasteiger partial charge in [-0.25, -0.2) is 0 Å². The Morgan fingerprint density at radius 3 is 2.28 bits per heavy atom. The van der Waals surface area contributed by atoms with Crippen LogP contribution in [0, 0.1) is 16.0 Å². The smallest absolute Gasteiger partial charge is 0.293 e. The number of hydrogen-bond donors (Lipinski definition) is 0. The van der Waals surface area contributed by atoms with Crippen LogP contribution in [0.15, 0.2) is 42.5 Å². The molecule has 32 heavy (non-hydrogen) atoms. The molecule has 0 radical (unpaired) electrons. The van der Waals surface area contributed by atoms with Crippen LogP contribution in [0.25, 0.3) is 0 Å². The monoisotopic (exact) mass is 436 g/mol. The predicted molar refractivity (Wildman–Crippen MR) is 122 cm³/mol. The maximum atomic E-state index is 13.3. The van der Waals surface area contributed by atoms with Crippen molar-refractivity contribution in [1.29, 1.82) is 0 Å². The minimum absolute atomic E-state index is 0.142. The molecule has 1 amide bonds. The first kappa shape index (κ1) is 22.0. The van der Waals surface area contributed by atoms with Crippen molar-refractivity contribution < 1.29 is 14.5 Å². The van der Waals surface area contributed by atoms with E-state index in [1.165, 1.54) is 18.9 Å². The molecule has 0 N–H and O–H groups in total. The van der Waals surface area contributed by atoms with Crippen LogP contribution in [0.4, 0.5) is 11.4 Å². The van der Waals surface area contributed by atoms with Crippen molar-refractivity contribution in [1.82, 2.24) is 9.80 Å². The van der Waals surface area contributed by atoms with Gasteiger partial charge in [-0.3, -0.25) is 24.6 Å². The highest BCUT2D eigenvalue weighted by atomic mass is 16.6. The molecule has 0 spiro atoms. The highest BCUT2D eigenvalue weighted by Crippen LogP contribution is 2.31. The minimum atomic E-state index is -0.496. The lowest BCUT2D eigenvalue weighted by atomic mass is 9.96. The molecule has 168 valence electrons. The minimum Gasteiger partial charge on any atom is -0.372 e. The zero-order valence-electron chi connectivity index (χ0n) is 18.5. The Morgan fingerprint density at radius 2 is 1.69 bits per heavy atom. The summed E-state index contributed by atoms with van der Waals surface area (Å²) in [6.07, 6.45) is 2.62. The van der Waals surface area contributed by atoms with Gasteiger partial charge in [-0.1, -0.05) is 18.2 Å². The van der Waals surface area contributed by atoms with Crippen LogP contribution < -0.4 is 4.90 Å². The Bertz CT molecular complexity index is 1040. The summed E-state index contributed by atoms with van der Waals surface area (Å²) < 4.78 is 0. The van der Waals surface area contributed by atoms with Gasteiger partial charge in [-0.05, 0) is 37.0 Å². The normalized spacial score (nSPS) is 16.6. The number of nitrogens with zero attached hydrogens (tertiary/aromatic N) is 4. The van der Waals surface area contributed by atoms with Gasteiger partial charge in [0.15, 0.2) is 5.78 Å². The fourth-order valence-electron chi connectivity index (χ4n) is 4.18. The van der Waals surface area contributed by atoms with E-state index in [1.807, 2.05) is 0 Å². The Hall–Kier alpha value is -3.26. The van der Waals surface area contributed by atoms with E-state index in [4.69, 9.17) is 0 Å². The molecule has 1 saturated heterocycles. The van der Waals surface area contributed by atoms with Crippen molar-refractivity contribution in [3.63, 3.8) is 0 Å². The van der Waals surface area contributed by atoms with Crippen molar-refractivity contribution in [3.05, 3.63) is 69.3 Å². The fourth-order valence-corrected chi connectivity index (χ4v) is 4.18. The zero-order chi connectivity index (χ0) is 22.8. The third kappa shape index (κ3) is 4.65. The molecule has 1 aliphatic carbocycles. The molecule has 1 heterocycles. The number of ketones is 1. The van der Waals surface area contributed by atoms with Crippen molar-refractivity contribution in [2.45, 2.75) is 12.8 Å². The van der Waals surface area contributed by atoms with Crippen molar-refractivity contribution in [2.75, 3.05) is 51.7 Å². The Morgan fingerprint density at radius 1 is 1.03 bits per heavy atom. The standard InChI is InChI=1S/C24H28N4O4/c1-25(2)21-10-9-18(15-22(21)28(31)32)23(29)19-5-3-4-6-20(19)24(30)27-13-11-26(12-14-27)16-17-7-8-17/h3-6,9-10,15,17H,7-8,11-14,16H2,1-2H3. The quantitative estimate of drug-likeness (QED) is 0.377. The van der Waals surface area contributed by atoms with E-state index < -0.39 is 10.7 Å². The van der Waals surface area contributed by atoms with Gasteiger partial charge < -0.3 is 9.80 Å². The van der Waals surface area contributed by atoms with Gasteiger partial charge in [-0.15, -0.1) is 0 Å². The van der Waals surface area contributed by atoms with Gasteiger partial charge in [0.05, 0.1) is 10.5 Å². The first-order valence-electron chi connectivity index (χ1n) is 11.0. The molecule has 8 heteroatoms. The number of carbonyl (C=O) groups is 2.